The Bertz CT molecular complexity index is 560. The van der Waals surface area contributed by atoms with Crippen molar-refractivity contribution in [3.8, 4) is 5.88 Å². The van der Waals surface area contributed by atoms with E-state index in [0.29, 0.717) is 22.7 Å². The van der Waals surface area contributed by atoms with Gasteiger partial charge in [0, 0.05) is 5.41 Å². The van der Waals surface area contributed by atoms with Gasteiger partial charge < -0.3 is 10.5 Å². The average molecular weight is 296 g/mol. The third-order valence-corrected chi connectivity index (χ3v) is 6.21. The zero-order valence-electron chi connectivity index (χ0n) is 12.5. The van der Waals surface area contributed by atoms with E-state index < -0.39 is 0 Å². The Hall–Kier alpha value is -1.03. The molecule has 2 aliphatic carbocycles. The lowest BCUT2D eigenvalue weighted by atomic mass is 9.70. The molecule has 3 atom stereocenters. The van der Waals surface area contributed by atoms with Crippen molar-refractivity contribution >= 4 is 17.3 Å². The van der Waals surface area contributed by atoms with E-state index in [1.54, 1.807) is 0 Å². The Morgan fingerprint density at radius 2 is 2.00 bits per heavy atom. The van der Waals surface area contributed by atoms with Gasteiger partial charge in [0.15, 0.2) is 0 Å². The van der Waals surface area contributed by atoms with Gasteiger partial charge in [0.05, 0.1) is 5.69 Å². The summed E-state index contributed by atoms with van der Waals surface area (Å²) >= 11 is 5.92. The highest BCUT2D eigenvalue weighted by Crippen LogP contribution is 2.66. The second-order valence-electron chi connectivity index (χ2n) is 7.01. The minimum Gasteiger partial charge on any atom is -0.472 e. The molecule has 4 nitrogen and oxygen atoms in total. The van der Waals surface area contributed by atoms with E-state index in [9.17, 15) is 0 Å². The maximum Gasteiger partial charge on any atom is 0.242 e. The van der Waals surface area contributed by atoms with E-state index in [4.69, 9.17) is 22.1 Å². The molecule has 2 aliphatic rings. The molecule has 5 heteroatoms. The molecule has 0 radical (unpaired) electrons. The number of nitrogens with zero attached hydrogens (tertiary/aromatic N) is 2. The van der Waals surface area contributed by atoms with E-state index in [1.165, 1.54) is 12.8 Å². The summed E-state index contributed by atoms with van der Waals surface area (Å²) in [5.74, 6) is 1.16. The maximum atomic E-state index is 6.18. The topological polar surface area (TPSA) is 61.0 Å². The van der Waals surface area contributed by atoms with Gasteiger partial charge in [-0.15, -0.1) is 0 Å². The van der Waals surface area contributed by atoms with Crippen LogP contribution in [0.15, 0.2) is 0 Å². The van der Waals surface area contributed by atoms with Gasteiger partial charge in [-0.25, -0.2) is 4.98 Å². The van der Waals surface area contributed by atoms with Crippen LogP contribution in [0.1, 0.15) is 45.7 Å². The lowest BCUT2D eigenvalue weighted by Crippen LogP contribution is -2.39. The Labute approximate surface area is 125 Å². The lowest BCUT2D eigenvalue weighted by molar-refractivity contribution is 0.0277. The first-order chi connectivity index (χ1) is 9.25. The van der Waals surface area contributed by atoms with Crippen LogP contribution in [-0.2, 0) is 0 Å². The van der Waals surface area contributed by atoms with Crippen LogP contribution in [0.2, 0.25) is 5.28 Å². The van der Waals surface area contributed by atoms with Gasteiger partial charge in [0.2, 0.25) is 11.2 Å². The van der Waals surface area contributed by atoms with E-state index in [2.05, 4.69) is 30.7 Å². The molecule has 3 rings (SSSR count). The molecule has 0 spiro atoms. The number of nitrogens with two attached hydrogens (primary N) is 1. The molecule has 110 valence electrons. The largest absolute Gasteiger partial charge is 0.472 e. The highest BCUT2D eigenvalue weighted by Gasteiger charge is 2.62. The minimum absolute atomic E-state index is 0.156. The molecule has 1 heterocycles. The summed E-state index contributed by atoms with van der Waals surface area (Å²) in [5.41, 5.74) is 7.68. The molecule has 0 amide bonds. The molecule has 0 aromatic carbocycles. The number of aromatic nitrogens is 2. The SMILES string of the molecule is Cc1nc(Cl)nc(OC2CC3CCC2(C)C3(C)C)c1N. The quantitative estimate of drug-likeness (QED) is 0.847. The number of nitrogen functional groups attached to an aromatic ring is 1. The number of ether oxygens (including phenoxy) is 1. The van der Waals surface area contributed by atoms with Crippen LogP contribution in [0, 0.1) is 23.7 Å². The molecule has 2 saturated carbocycles. The Morgan fingerprint density at radius 3 is 2.55 bits per heavy atom. The first-order valence-corrected chi connectivity index (χ1v) is 7.60. The number of fused-ring (bicyclic) bond motifs is 2. The molecule has 20 heavy (non-hydrogen) atoms. The smallest absolute Gasteiger partial charge is 0.242 e. The molecular formula is C15H22ClN3O. The fourth-order valence-electron chi connectivity index (χ4n) is 4.06. The van der Waals surface area contributed by atoms with Gasteiger partial charge in [-0.05, 0) is 49.1 Å². The Kier molecular flexibility index (Phi) is 2.95. The summed E-state index contributed by atoms with van der Waals surface area (Å²) in [7, 11) is 0. The molecule has 0 aliphatic heterocycles. The summed E-state index contributed by atoms with van der Waals surface area (Å²) in [6.07, 6.45) is 3.72. The summed E-state index contributed by atoms with van der Waals surface area (Å²) in [6, 6.07) is 0. The van der Waals surface area contributed by atoms with Crippen molar-refractivity contribution in [1.82, 2.24) is 9.97 Å². The summed E-state index contributed by atoms with van der Waals surface area (Å²) < 4.78 is 6.18. The summed E-state index contributed by atoms with van der Waals surface area (Å²) in [4.78, 5) is 8.22. The average Bonchev–Trinajstić information content (AvgIpc) is 2.68. The van der Waals surface area contributed by atoms with Crippen molar-refractivity contribution in [3.05, 3.63) is 11.0 Å². The van der Waals surface area contributed by atoms with Crippen molar-refractivity contribution in [2.75, 3.05) is 5.73 Å². The molecule has 3 unspecified atom stereocenters. The summed E-state index contributed by atoms with van der Waals surface area (Å²) in [5, 5.41) is 0.194. The van der Waals surface area contributed by atoms with Gasteiger partial charge in [0.1, 0.15) is 11.8 Å². The number of anilines is 1. The fourth-order valence-corrected chi connectivity index (χ4v) is 4.26. The predicted octanol–water partition coefficient (Wildman–Crippen LogP) is 3.61. The van der Waals surface area contributed by atoms with E-state index >= 15 is 0 Å². The van der Waals surface area contributed by atoms with Crippen LogP contribution in [0.3, 0.4) is 0 Å². The van der Waals surface area contributed by atoms with Crippen molar-refractivity contribution in [3.63, 3.8) is 0 Å². The first-order valence-electron chi connectivity index (χ1n) is 7.22. The number of rotatable bonds is 2. The van der Waals surface area contributed by atoms with Gasteiger partial charge in [0.25, 0.3) is 0 Å². The van der Waals surface area contributed by atoms with Crippen LogP contribution >= 0.6 is 11.6 Å². The standard InChI is InChI=1S/C15H22ClN3O/c1-8-11(17)12(19-13(16)18-8)20-10-7-9-5-6-15(10,4)14(9,2)3/h9-10H,5-7,17H2,1-4H3. The van der Waals surface area contributed by atoms with Gasteiger partial charge in [-0.2, -0.15) is 4.98 Å². The molecule has 2 fully saturated rings. The second kappa shape index (κ2) is 4.23. The number of halogens is 1. The lowest BCUT2D eigenvalue weighted by Gasteiger charge is -2.38. The molecule has 0 saturated heterocycles. The van der Waals surface area contributed by atoms with Crippen molar-refractivity contribution < 1.29 is 4.74 Å². The number of hydrogen-bond acceptors (Lipinski definition) is 4. The van der Waals surface area contributed by atoms with Crippen LogP contribution in [0.4, 0.5) is 5.69 Å². The Balaban J connectivity index is 1.91. The zero-order chi connectivity index (χ0) is 14.7. The predicted molar refractivity (Wildman–Crippen MR) is 79.8 cm³/mol. The second-order valence-corrected chi connectivity index (χ2v) is 7.35. The Morgan fingerprint density at radius 1 is 1.30 bits per heavy atom. The molecule has 2 bridgehead atoms. The molecule has 1 aromatic heterocycles. The van der Waals surface area contributed by atoms with Crippen LogP contribution < -0.4 is 10.5 Å². The highest BCUT2D eigenvalue weighted by molar-refractivity contribution is 6.28. The minimum atomic E-state index is 0.156. The normalized spacial score (nSPS) is 34.5. The highest BCUT2D eigenvalue weighted by atomic mass is 35.5. The number of hydrogen-bond donors (Lipinski definition) is 1. The van der Waals surface area contributed by atoms with E-state index in [1.807, 2.05) is 6.92 Å². The zero-order valence-corrected chi connectivity index (χ0v) is 13.3. The van der Waals surface area contributed by atoms with E-state index in [-0.39, 0.29) is 16.8 Å². The van der Waals surface area contributed by atoms with Gasteiger partial charge in [-0.1, -0.05) is 20.8 Å². The maximum absolute atomic E-state index is 6.18. The van der Waals surface area contributed by atoms with Crippen molar-refractivity contribution in [1.29, 1.82) is 0 Å². The first kappa shape index (κ1) is 13.9. The third-order valence-electron chi connectivity index (χ3n) is 6.04. The third kappa shape index (κ3) is 1.73. The van der Waals surface area contributed by atoms with Crippen molar-refractivity contribution in [2.45, 2.75) is 53.1 Å². The fraction of sp³-hybridized carbons (Fsp3) is 0.733. The molecular weight excluding hydrogens is 274 g/mol. The monoisotopic (exact) mass is 295 g/mol. The van der Waals surface area contributed by atoms with Crippen molar-refractivity contribution in [2.24, 2.45) is 16.7 Å². The van der Waals surface area contributed by atoms with Gasteiger partial charge >= 0.3 is 0 Å². The number of aryl methyl sites for hydroxylation is 1. The summed E-state index contributed by atoms with van der Waals surface area (Å²) in [6.45, 7) is 8.86. The van der Waals surface area contributed by atoms with Gasteiger partial charge in [-0.3, -0.25) is 0 Å². The molecule has 2 N–H and O–H groups in total. The van der Waals surface area contributed by atoms with Crippen LogP contribution in [0.25, 0.3) is 0 Å². The molecule has 1 aromatic rings. The van der Waals surface area contributed by atoms with E-state index in [0.717, 1.165) is 12.3 Å². The van der Waals surface area contributed by atoms with Crippen LogP contribution in [0.5, 0.6) is 5.88 Å². The van der Waals surface area contributed by atoms with Crippen LogP contribution in [-0.4, -0.2) is 16.1 Å².